The Morgan fingerprint density at radius 2 is 2.18 bits per heavy atom. The quantitative estimate of drug-likeness (QED) is 0.874. The average molecular weight is 253 g/mol. The Morgan fingerprint density at radius 3 is 2.82 bits per heavy atom. The molecular weight excluding hydrogens is 230 g/mol. The van der Waals surface area contributed by atoms with Gasteiger partial charge in [-0.1, -0.05) is 19.3 Å². The van der Waals surface area contributed by atoms with E-state index in [2.05, 4.69) is 22.1 Å². The molecule has 96 valence electrons. The minimum absolute atomic E-state index is 0.724. The number of thiazole rings is 1. The first-order chi connectivity index (χ1) is 8.35. The molecule has 1 aromatic heterocycles. The molecule has 1 aromatic rings. The number of hydrogen-bond donors (Lipinski definition) is 1. The first-order valence-corrected chi connectivity index (χ1v) is 7.52. The third-order valence-corrected chi connectivity index (χ3v) is 4.53. The second kappa shape index (κ2) is 6.36. The van der Waals surface area contributed by atoms with Crippen molar-refractivity contribution >= 4 is 16.5 Å². The highest BCUT2D eigenvalue weighted by molar-refractivity contribution is 7.15. The van der Waals surface area contributed by atoms with Crippen molar-refractivity contribution in [2.24, 2.45) is 0 Å². The molecule has 0 unspecified atom stereocenters. The maximum absolute atomic E-state index is 4.59. The van der Waals surface area contributed by atoms with Crippen LogP contribution in [-0.4, -0.2) is 24.6 Å². The van der Waals surface area contributed by atoms with Gasteiger partial charge >= 0.3 is 0 Å². The molecule has 17 heavy (non-hydrogen) atoms. The average Bonchev–Trinajstić information content (AvgIpc) is 2.81. The van der Waals surface area contributed by atoms with E-state index in [-0.39, 0.29) is 0 Å². The highest BCUT2D eigenvalue weighted by Gasteiger charge is 2.22. The minimum Gasteiger partial charge on any atom is -0.345 e. The van der Waals surface area contributed by atoms with Crippen LogP contribution in [0.3, 0.4) is 0 Å². The zero-order valence-corrected chi connectivity index (χ0v) is 11.7. The fourth-order valence-electron chi connectivity index (χ4n) is 2.63. The van der Waals surface area contributed by atoms with Gasteiger partial charge in [-0.25, -0.2) is 4.98 Å². The minimum atomic E-state index is 0.724. The normalized spacial score (nSPS) is 17.3. The Balaban J connectivity index is 2.04. The Hall–Kier alpha value is -0.610. The standard InChI is InChI=1S/C13H23N3S/c1-3-16(11-7-5-4-6-8-11)13-15-10-12(17-13)9-14-2/h10-11,14H,3-9H2,1-2H3. The Morgan fingerprint density at radius 1 is 1.41 bits per heavy atom. The summed E-state index contributed by atoms with van der Waals surface area (Å²) in [4.78, 5) is 8.42. The zero-order chi connectivity index (χ0) is 12.1. The third-order valence-electron chi connectivity index (χ3n) is 3.49. The van der Waals surface area contributed by atoms with Crippen LogP contribution in [0.5, 0.6) is 0 Å². The predicted octanol–water partition coefficient (Wildman–Crippen LogP) is 3.02. The first-order valence-electron chi connectivity index (χ1n) is 6.71. The second-order valence-electron chi connectivity index (χ2n) is 4.72. The lowest BCUT2D eigenvalue weighted by Crippen LogP contribution is -2.36. The highest BCUT2D eigenvalue weighted by Crippen LogP contribution is 2.30. The van der Waals surface area contributed by atoms with Gasteiger partial charge in [-0.05, 0) is 26.8 Å². The summed E-state index contributed by atoms with van der Waals surface area (Å²) >= 11 is 1.84. The van der Waals surface area contributed by atoms with Gasteiger partial charge in [-0.2, -0.15) is 0 Å². The molecule has 2 rings (SSSR count). The molecule has 0 saturated heterocycles. The number of hydrogen-bond acceptors (Lipinski definition) is 4. The van der Waals surface area contributed by atoms with E-state index in [1.54, 1.807) is 0 Å². The van der Waals surface area contributed by atoms with Gasteiger partial charge < -0.3 is 10.2 Å². The Labute approximate surface area is 108 Å². The SMILES string of the molecule is CCN(c1ncc(CNC)s1)C1CCCCC1. The Kier molecular flexibility index (Phi) is 4.80. The molecule has 1 N–H and O–H groups in total. The van der Waals surface area contributed by atoms with E-state index in [1.807, 2.05) is 24.6 Å². The van der Waals surface area contributed by atoms with Gasteiger partial charge in [0.1, 0.15) is 0 Å². The van der Waals surface area contributed by atoms with Crippen LogP contribution in [0.1, 0.15) is 43.9 Å². The third kappa shape index (κ3) is 3.19. The topological polar surface area (TPSA) is 28.2 Å². The van der Waals surface area contributed by atoms with Crippen LogP contribution in [0.25, 0.3) is 0 Å². The number of nitrogens with zero attached hydrogens (tertiary/aromatic N) is 2. The monoisotopic (exact) mass is 253 g/mol. The lowest BCUT2D eigenvalue weighted by atomic mass is 9.94. The van der Waals surface area contributed by atoms with Crippen molar-refractivity contribution < 1.29 is 0 Å². The Bertz CT molecular complexity index is 331. The summed E-state index contributed by atoms with van der Waals surface area (Å²) in [5.74, 6) is 0. The number of anilines is 1. The largest absolute Gasteiger partial charge is 0.345 e. The molecule has 0 bridgehead atoms. The summed E-state index contributed by atoms with van der Waals surface area (Å²) in [5, 5.41) is 4.40. The van der Waals surface area contributed by atoms with Crippen molar-refractivity contribution in [2.45, 2.75) is 51.6 Å². The van der Waals surface area contributed by atoms with E-state index >= 15 is 0 Å². The van der Waals surface area contributed by atoms with E-state index in [9.17, 15) is 0 Å². The molecule has 0 radical (unpaired) electrons. The van der Waals surface area contributed by atoms with Crippen molar-refractivity contribution in [3.63, 3.8) is 0 Å². The summed E-state index contributed by atoms with van der Waals surface area (Å²) < 4.78 is 0. The van der Waals surface area contributed by atoms with E-state index in [4.69, 9.17) is 0 Å². The van der Waals surface area contributed by atoms with Crippen LogP contribution in [0.15, 0.2) is 6.20 Å². The highest BCUT2D eigenvalue weighted by atomic mass is 32.1. The van der Waals surface area contributed by atoms with E-state index < -0.39 is 0 Å². The molecule has 1 saturated carbocycles. The summed E-state index contributed by atoms with van der Waals surface area (Å²) in [7, 11) is 1.98. The van der Waals surface area contributed by atoms with Gasteiger partial charge in [0.15, 0.2) is 5.13 Å². The van der Waals surface area contributed by atoms with Crippen molar-refractivity contribution in [3.05, 3.63) is 11.1 Å². The summed E-state index contributed by atoms with van der Waals surface area (Å²) in [6.45, 7) is 4.25. The van der Waals surface area contributed by atoms with Crippen LogP contribution >= 0.6 is 11.3 Å². The summed E-state index contributed by atoms with van der Waals surface area (Å²) in [5.41, 5.74) is 0. The van der Waals surface area contributed by atoms with E-state index in [1.165, 1.54) is 42.1 Å². The molecule has 1 aliphatic rings. The van der Waals surface area contributed by atoms with Crippen molar-refractivity contribution in [3.8, 4) is 0 Å². The molecule has 0 amide bonds. The van der Waals surface area contributed by atoms with Crippen LogP contribution in [-0.2, 0) is 6.54 Å². The molecule has 0 atom stereocenters. The van der Waals surface area contributed by atoms with E-state index in [0.717, 1.165) is 19.1 Å². The van der Waals surface area contributed by atoms with Gasteiger partial charge in [0.25, 0.3) is 0 Å². The summed E-state index contributed by atoms with van der Waals surface area (Å²) in [6.07, 6.45) is 8.88. The molecule has 0 spiro atoms. The fraction of sp³-hybridized carbons (Fsp3) is 0.769. The van der Waals surface area contributed by atoms with Crippen LogP contribution in [0, 0.1) is 0 Å². The second-order valence-corrected chi connectivity index (χ2v) is 5.81. The van der Waals surface area contributed by atoms with Crippen LogP contribution < -0.4 is 10.2 Å². The van der Waals surface area contributed by atoms with Crippen LogP contribution in [0.2, 0.25) is 0 Å². The van der Waals surface area contributed by atoms with Crippen molar-refractivity contribution in [1.82, 2.24) is 10.3 Å². The molecule has 0 aliphatic heterocycles. The van der Waals surface area contributed by atoms with Crippen LogP contribution in [0.4, 0.5) is 5.13 Å². The maximum Gasteiger partial charge on any atom is 0.185 e. The molecule has 4 heteroatoms. The summed E-state index contributed by atoms with van der Waals surface area (Å²) in [6, 6.07) is 0.724. The number of aromatic nitrogens is 1. The predicted molar refractivity (Wildman–Crippen MR) is 74.8 cm³/mol. The van der Waals surface area contributed by atoms with Gasteiger partial charge in [0.2, 0.25) is 0 Å². The zero-order valence-electron chi connectivity index (χ0n) is 10.9. The fourth-order valence-corrected chi connectivity index (χ4v) is 3.69. The first kappa shape index (κ1) is 12.8. The van der Waals surface area contributed by atoms with Crippen molar-refractivity contribution in [2.75, 3.05) is 18.5 Å². The van der Waals surface area contributed by atoms with Gasteiger partial charge in [0.05, 0.1) is 0 Å². The van der Waals surface area contributed by atoms with Gasteiger partial charge in [0, 0.05) is 30.2 Å². The van der Waals surface area contributed by atoms with Gasteiger partial charge in [-0.15, -0.1) is 11.3 Å². The van der Waals surface area contributed by atoms with Crippen molar-refractivity contribution in [1.29, 1.82) is 0 Å². The maximum atomic E-state index is 4.59. The smallest absolute Gasteiger partial charge is 0.185 e. The lowest BCUT2D eigenvalue weighted by molar-refractivity contribution is 0.418. The van der Waals surface area contributed by atoms with Gasteiger partial charge in [-0.3, -0.25) is 0 Å². The lowest BCUT2D eigenvalue weighted by Gasteiger charge is -2.33. The molecule has 1 aliphatic carbocycles. The molecule has 1 fully saturated rings. The number of rotatable bonds is 5. The molecular formula is C13H23N3S. The number of nitrogens with one attached hydrogen (secondary N) is 1. The van der Waals surface area contributed by atoms with E-state index in [0.29, 0.717) is 0 Å². The molecule has 3 nitrogen and oxygen atoms in total. The molecule has 0 aromatic carbocycles. The molecule has 1 heterocycles.